The number of amides is 2. The van der Waals surface area contributed by atoms with Crippen LogP contribution >= 0.6 is 0 Å². The number of para-hydroxylation sites is 1. The number of ketones is 1. The average Bonchev–Trinajstić information content (AvgIpc) is 2.83. The van der Waals surface area contributed by atoms with Crippen molar-refractivity contribution in [1.29, 1.82) is 0 Å². The van der Waals surface area contributed by atoms with Crippen LogP contribution in [0.2, 0.25) is 0 Å². The van der Waals surface area contributed by atoms with Gasteiger partial charge in [0.2, 0.25) is 11.8 Å². The first kappa shape index (κ1) is 24.4. The van der Waals surface area contributed by atoms with Crippen LogP contribution in [0.3, 0.4) is 0 Å². The maximum Gasteiger partial charge on any atom is 0.340 e. The van der Waals surface area contributed by atoms with Gasteiger partial charge in [-0.1, -0.05) is 56.3 Å². The van der Waals surface area contributed by atoms with Gasteiger partial charge in [0.1, 0.15) is 0 Å². The smallest absolute Gasteiger partial charge is 0.340 e. The van der Waals surface area contributed by atoms with Crippen LogP contribution in [0.5, 0.6) is 0 Å². The number of carbonyl (C=O) groups excluding carboxylic acids is 4. The zero-order valence-electron chi connectivity index (χ0n) is 19.0. The summed E-state index contributed by atoms with van der Waals surface area (Å²) in [6.45, 7) is 3.12. The molecule has 0 radical (unpaired) electrons. The molecule has 0 aromatic heterocycles. The molecule has 0 heterocycles. The van der Waals surface area contributed by atoms with E-state index in [4.69, 9.17) is 4.74 Å². The fourth-order valence-electron chi connectivity index (χ4n) is 3.06. The molecular formula is C27H26N2O5. The highest BCUT2D eigenvalue weighted by molar-refractivity contribution is 6.04. The number of benzene rings is 3. The third-order valence-electron chi connectivity index (χ3n) is 4.96. The Morgan fingerprint density at radius 2 is 1.44 bits per heavy atom. The Bertz CT molecular complexity index is 1170. The lowest BCUT2D eigenvalue weighted by Gasteiger charge is -2.11. The lowest BCUT2D eigenvalue weighted by Crippen LogP contribution is -2.19. The normalized spacial score (nSPS) is 10.4. The van der Waals surface area contributed by atoms with Crippen molar-refractivity contribution in [2.24, 2.45) is 5.92 Å². The molecule has 0 bridgehead atoms. The van der Waals surface area contributed by atoms with E-state index >= 15 is 0 Å². The molecule has 0 aliphatic rings. The molecule has 2 amide bonds. The van der Waals surface area contributed by atoms with Crippen LogP contribution in [-0.4, -0.2) is 30.2 Å². The first-order valence-corrected chi connectivity index (χ1v) is 10.9. The second-order valence-corrected chi connectivity index (χ2v) is 7.98. The minimum absolute atomic E-state index is 0.123. The molecule has 3 aromatic carbocycles. The number of carbonyl (C=O) groups is 4. The standard InChI is InChI=1S/C27H26N2O5/c1-18(2)26(32)28-21-14-12-20(13-15-21)24(30)17-34-27(33)22-10-6-7-11-23(22)29-25(31)16-19-8-4-3-5-9-19/h3-15,18H,16-17H2,1-2H3,(H,28,32)(H,29,31). The summed E-state index contributed by atoms with van der Waals surface area (Å²) in [5, 5.41) is 5.48. The second-order valence-electron chi connectivity index (χ2n) is 7.98. The molecular weight excluding hydrogens is 432 g/mol. The van der Waals surface area contributed by atoms with E-state index < -0.39 is 12.6 Å². The number of rotatable bonds is 9. The topological polar surface area (TPSA) is 102 Å². The highest BCUT2D eigenvalue weighted by Crippen LogP contribution is 2.18. The van der Waals surface area contributed by atoms with Crippen LogP contribution < -0.4 is 10.6 Å². The Hall–Kier alpha value is -4.26. The van der Waals surface area contributed by atoms with Crippen LogP contribution in [0, 0.1) is 5.92 Å². The number of esters is 1. The molecule has 0 unspecified atom stereocenters. The summed E-state index contributed by atoms with van der Waals surface area (Å²) >= 11 is 0. The van der Waals surface area contributed by atoms with Crippen molar-refractivity contribution >= 4 is 34.9 Å². The van der Waals surface area contributed by atoms with Gasteiger partial charge in [0.25, 0.3) is 0 Å². The van der Waals surface area contributed by atoms with E-state index in [9.17, 15) is 19.2 Å². The third kappa shape index (κ3) is 6.87. The van der Waals surface area contributed by atoms with Crippen LogP contribution in [0.15, 0.2) is 78.9 Å². The van der Waals surface area contributed by atoms with Gasteiger partial charge in [0.15, 0.2) is 12.4 Å². The molecule has 0 fully saturated rings. The van der Waals surface area contributed by atoms with Gasteiger partial charge in [-0.15, -0.1) is 0 Å². The van der Waals surface area contributed by atoms with Crippen LogP contribution in [0.1, 0.15) is 40.1 Å². The highest BCUT2D eigenvalue weighted by atomic mass is 16.5. The molecule has 0 atom stereocenters. The first-order chi connectivity index (χ1) is 16.3. The molecule has 2 N–H and O–H groups in total. The highest BCUT2D eigenvalue weighted by Gasteiger charge is 2.17. The lowest BCUT2D eigenvalue weighted by atomic mass is 10.1. The van der Waals surface area contributed by atoms with Crippen molar-refractivity contribution < 1.29 is 23.9 Å². The summed E-state index contributed by atoms with van der Waals surface area (Å²) in [7, 11) is 0. The predicted octanol–water partition coefficient (Wildman–Crippen LogP) is 4.50. The molecule has 3 rings (SSSR count). The van der Waals surface area contributed by atoms with E-state index in [1.54, 1.807) is 56.3 Å². The first-order valence-electron chi connectivity index (χ1n) is 10.9. The number of Topliss-reactive ketones (excluding diaryl/α,β-unsaturated/α-hetero) is 1. The number of hydrogen-bond donors (Lipinski definition) is 2. The number of hydrogen-bond acceptors (Lipinski definition) is 5. The van der Waals surface area contributed by atoms with E-state index in [1.807, 2.05) is 30.3 Å². The maximum atomic E-state index is 12.6. The van der Waals surface area contributed by atoms with Crippen molar-refractivity contribution in [3.8, 4) is 0 Å². The summed E-state index contributed by atoms with van der Waals surface area (Å²) < 4.78 is 5.20. The van der Waals surface area contributed by atoms with Gasteiger partial charge in [-0.3, -0.25) is 14.4 Å². The zero-order chi connectivity index (χ0) is 24.5. The van der Waals surface area contributed by atoms with Gasteiger partial charge >= 0.3 is 5.97 Å². The largest absolute Gasteiger partial charge is 0.454 e. The fourth-order valence-corrected chi connectivity index (χ4v) is 3.06. The van der Waals surface area contributed by atoms with Crippen molar-refractivity contribution in [1.82, 2.24) is 0 Å². The fraction of sp³-hybridized carbons (Fsp3) is 0.185. The Labute approximate surface area is 198 Å². The SMILES string of the molecule is CC(C)C(=O)Nc1ccc(C(=O)COC(=O)c2ccccc2NC(=O)Cc2ccccc2)cc1. The van der Waals surface area contributed by atoms with Crippen molar-refractivity contribution in [3.63, 3.8) is 0 Å². The monoisotopic (exact) mass is 458 g/mol. The quantitative estimate of drug-likeness (QED) is 0.363. The van der Waals surface area contributed by atoms with E-state index in [0.29, 0.717) is 16.9 Å². The number of ether oxygens (including phenoxy) is 1. The Kier molecular flexibility index (Phi) is 8.29. The van der Waals surface area contributed by atoms with Gasteiger partial charge in [-0.05, 0) is 42.0 Å². The number of anilines is 2. The van der Waals surface area contributed by atoms with Crippen LogP contribution in [-0.2, 0) is 20.7 Å². The van der Waals surface area contributed by atoms with Gasteiger partial charge < -0.3 is 15.4 Å². The number of nitrogens with one attached hydrogen (secondary N) is 2. The molecule has 34 heavy (non-hydrogen) atoms. The predicted molar refractivity (Wildman–Crippen MR) is 130 cm³/mol. The molecule has 0 saturated carbocycles. The van der Waals surface area contributed by atoms with Crippen LogP contribution in [0.4, 0.5) is 11.4 Å². The maximum absolute atomic E-state index is 12.6. The molecule has 0 saturated heterocycles. The van der Waals surface area contributed by atoms with Crippen LogP contribution in [0.25, 0.3) is 0 Å². The molecule has 7 nitrogen and oxygen atoms in total. The Balaban J connectivity index is 1.58. The van der Waals surface area contributed by atoms with Gasteiger partial charge in [-0.2, -0.15) is 0 Å². The third-order valence-corrected chi connectivity index (χ3v) is 4.96. The van der Waals surface area contributed by atoms with Crippen molar-refractivity contribution in [2.45, 2.75) is 20.3 Å². The van der Waals surface area contributed by atoms with Crippen molar-refractivity contribution in [2.75, 3.05) is 17.2 Å². The van der Waals surface area contributed by atoms with Gasteiger partial charge in [0, 0.05) is 17.2 Å². The lowest BCUT2D eigenvalue weighted by molar-refractivity contribution is -0.119. The summed E-state index contributed by atoms with van der Waals surface area (Å²) in [6.07, 6.45) is 0.163. The summed E-state index contributed by atoms with van der Waals surface area (Å²) in [6, 6.07) is 22.1. The van der Waals surface area contributed by atoms with Gasteiger partial charge in [-0.25, -0.2) is 4.79 Å². The Morgan fingerprint density at radius 3 is 2.12 bits per heavy atom. The van der Waals surface area contributed by atoms with E-state index in [2.05, 4.69) is 10.6 Å². The average molecular weight is 459 g/mol. The minimum atomic E-state index is -0.718. The summed E-state index contributed by atoms with van der Waals surface area (Å²) in [5.74, 6) is -1.66. The molecule has 0 aliphatic carbocycles. The summed E-state index contributed by atoms with van der Waals surface area (Å²) in [5.41, 5.74) is 2.24. The van der Waals surface area contributed by atoms with Gasteiger partial charge in [0.05, 0.1) is 17.7 Å². The van der Waals surface area contributed by atoms with E-state index in [-0.39, 0.29) is 35.5 Å². The van der Waals surface area contributed by atoms with E-state index in [0.717, 1.165) is 5.56 Å². The molecule has 0 spiro atoms. The zero-order valence-corrected chi connectivity index (χ0v) is 19.0. The molecule has 0 aliphatic heterocycles. The molecule has 7 heteroatoms. The van der Waals surface area contributed by atoms with Crippen molar-refractivity contribution in [3.05, 3.63) is 95.6 Å². The summed E-state index contributed by atoms with van der Waals surface area (Å²) in [4.78, 5) is 49.2. The minimum Gasteiger partial charge on any atom is -0.454 e. The molecule has 3 aromatic rings. The molecule has 174 valence electrons. The van der Waals surface area contributed by atoms with E-state index in [1.165, 1.54) is 6.07 Å². The Morgan fingerprint density at radius 1 is 0.794 bits per heavy atom. The second kappa shape index (κ2) is 11.6.